The van der Waals surface area contributed by atoms with E-state index in [0.717, 1.165) is 19.6 Å². The number of nitrogens with one attached hydrogen (secondary N) is 1. The molecule has 1 N–H and O–H groups in total. The average molecular weight is 262 g/mol. The predicted molar refractivity (Wildman–Crippen MR) is 77.3 cm³/mol. The molecule has 2 atom stereocenters. The molecule has 3 heterocycles. The minimum atomic E-state index is 0.668. The van der Waals surface area contributed by atoms with E-state index in [4.69, 9.17) is 0 Å². The van der Waals surface area contributed by atoms with Gasteiger partial charge >= 0.3 is 0 Å². The summed E-state index contributed by atoms with van der Waals surface area (Å²) in [6, 6.07) is 0. The molecule has 0 amide bonds. The van der Waals surface area contributed by atoms with Crippen LogP contribution in [0, 0.1) is 5.92 Å². The third kappa shape index (κ3) is 3.18. The summed E-state index contributed by atoms with van der Waals surface area (Å²) in [6.45, 7) is 9.59. The molecule has 106 valence electrons. The monoisotopic (exact) mass is 262 g/mol. The van der Waals surface area contributed by atoms with Crippen molar-refractivity contribution in [2.45, 2.75) is 38.6 Å². The molecule has 3 rings (SSSR count). The van der Waals surface area contributed by atoms with Crippen molar-refractivity contribution in [1.82, 2.24) is 19.8 Å². The first-order valence-electron chi connectivity index (χ1n) is 7.76. The third-order valence-electron chi connectivity index (χ3n) is 4.50. The maximum Gasteiger partial charge on any atom is 0.0948 e. The topological polar surface area (TPSA) is 33.1 Å². The number of hydrogen-bond acceptors (Lipinski definition) is 3. The SMILES string of the molecule is CC(CN1CCCC1)Cn1cncc1C1CCNC1. The highest BCUT2D eigenvalue weighted by Gasteiger charge is 2.21. The van der Waals surface area contributed by atoms with E-state index in [1.54, 1.807) is 0 Å². The van der Waals surface area contributed by atoms with Gasteiger partial charge in [0, 0.05) is 37.4 Å². The molecule has 2 aliphatic heterocycles. The zero-order chi connectivity index (χ0) is 13.1. The van der Waals surface area contributed by atoms with Crippen LogP contribution >= 0.6 is 0 Å². The lowest BCUT2D eigenvalue weighted by atomic mass is 10.0. The Hall–Kier alpha value is -0.870. The Morgan fingerprint density at radius 1 is 1.37 bits per heavy atom. The lowest BCUT2D eigenvalue weighted by molar-refractivity contribution is 0.270. The van der Waals surface area contributed by atoms with Crippen molar-refractivity contribution in [3.63, 3.8) is 0 Å². The van der Waals surface area contributed by atoms with Gasteiger partial charge in [-0.25, -0.2) is 4.98 Å². The van der Waals surface area contributed by atoms with E-state index in [1.165, 1.54) is 44.6 Å². The molecular formula is C15H26N4. The highest BCUT2D eigenvalue weighted by molar-refractivity contribution is 5.09. The fourth-order valence-electron chi connectivity index (χ4n) is 3.53. The van der Waals surface area contributed by atoms with Crippen molar-refractivity contribution < 1.29 is 0 Å². The highest BCUT2D eigenvalue weighted by Crippen LogP contribution is 2.23. The summed E-state index contributed by atoms with van der Waals surface area (Å²) in [6.07, 6.45) is 8.12. The molecule has 0 radical (unpaired) electrons. The van der Waals surface area contributed by atoms with E-state index in [0.29, 0.717) is 11.8 Å². The van der Waals surface area contributed by atoms with Gasteiger partial charge in [-0.1, -0.05) is 6.92 Å². The normalized spacial score (nSPS) is 26.1. The molecule has 2 unspecified atom stereocenters. The van der Waals surface area contributed by atoms with Gasteiger partial charge in [0.1, 0.15) is 0 Å². The number of hydrogen-bond donors (Lipinski definition) is 1. The van der Waals surface area contributed by atoms with Gasteiger partial charge < -0.3 is 14.8 Å². The van der Waals surface area contributed by atoms with Crippen LogP contribution < -0.4 is 5.32 Å². The molecule has 0 saturated carbocycles. The van der Waals surface area contributed by atoms with Gasteiger partial charge in [0.15, 0.2) is 0 Å². The van der Waals surface area contributed by atoms with Gasteiger partial charge in [-0.15, -0.1) is 0 Å². The van der Waals surface area contributed by atoms with E-state index in [2.05, 4.69) is 32.9 Å². The minimum Gasteiger partial charge on any atom is -0.334 e. The summed E-state index contributed by atoms with van der Waals surface area (Å²) in [5.74, 6) is 1.38. The molecule has 1 aromatic rings. The van der Waals surface area contributed by atoms with Gasteiger partial charge in [0.25, 0.3) is 0 Å². The van der Waals surface area contributed by atoms with Crippen molar-refractivity contribution in [1.29, 1.82) is 0 Å². The summed E-state index contributed by atoms with van der Waals surface area (Å²) in [7, 11) is 0. The van der Waals surface area contributed by atoms with Crippen LogP contribution in [0.3, 0.4) is 0 Å². The summed E-state index contributed by atoms with van der Waals surface area (Å²) in [5, 5.41) is 3.45. The lowest BCUT2D eigenvalue weighted by Crippen LogP contribution is -2.28. The van der Waals surface area contributed by atoms with E-state index < -0.39 is 0 Å². The average Bonchev–Trinajstić information content (AvgIpc) is 3.09. The molecule has 0 spiro atoms. The van der Waals surface area contributed by atoms with E-state index in [1.807, 2.05) is 6.33 Å². The van der Waals surface area contributed by atoms with Crippen LogP contribution in [0.1, 0.15) is 37.8 Å². The van der Waals surface area contributed by atoms with Crippen LogP contribution in [0.2, 0.25) is 0 Å². The number of rotatable bonds is 5. The summed E-state index contributed by atoms with van der Waals surface area (Å²) >= 11 is 0. The van der Waals surface area contributed by atoms with Crippen LogP contribution in [0.5, 0.6) is 0 Å². The molecule has 4 heteroatoms. The molecule has 19 heavy (non-hydrogen) atoms. The van der Waals surface area contributed by atoms with Crippen LogP contribution in [-0.4, -0.2) is 47.2 Å². The van der Waals surface area contributed by atoms with Gasteiger partial charge in [-0.05, 0) is 44.8 Å². The van der Waals surface area contributed by atoms with Crippen molar-refractivity contribution in [3.8, 4) is 0 Å². The predicted octanol–water partition coefficient (Wildman–Crippen LogP) is 1.69. The quantitative estimate of drug-likeness (QED) is 0.876. The van der Waals surface area contributed by atoms with Gasteiger partial charge in [0.2, 0.25) is 0 Å². The molecular weight excluding hydrogens is 236 g/mol. The Labute approximate surface area is 116 Å². The van der Waals surface area contributed by atoms with E-state index in [-0.39, 0.29) is 0 Å². The zero-order valence-electron chi connectivity index (χ0n) is 12.0. The molecule has 0 aliphatic carbocycles. The second-order valence-corrected chi connectivity index (χ2v) is 6.27. The minimum absolute atomic E-state index is 0.668. The number of aromatic nitrogens is 2. The highest BCUT2D eigenvalue weighted by atomic mass is 15.1. The van der Waals surface area contributed by atoms with Crippen molar-refractivity contribution in [3.05, 3.63) is 18.2 Å². The molecule has 0 aromatic carbocycles. The molecule has 1 aromatic heterocycles. The van der Waals surface area contributed by atoms with Gasteiger partial charge in [0.05, 0.1) is 6.33 Å². The van der Waals surface area contributed by atoms with Crippen LogP contribution in [-0.2, 0) is 6.54 Å². The van der Waals surface area contributed by atoms with Crippen molar-refractivity contribution in [2.75, 3.05) is 32.7 Å². The molecule has 2 fully saturated rings. The molecule has 0 bridgehead atoms. The van der Waals surface area contributed by atoms with Crippen LogP contribution in [0.4, 0.5) is 0 Å². The Kier molecular flexibility index (Phi) is 4.18. The van der Waals surface area contributed by atoms with Crippen molar-refractivity contribution >= 4 is 0 Å². The second kappa shape index (κ2) is 6.06. The van der Waals surface area contributed by atoms with Gasteiger partial charge in [-0.2, -0.15) is 0 Å². The maximum atomic E-state index is 4.37. The largest absolute Gasteiger partial charge is 0.334 e. The molecule has 2 saturated heterocycles. The zero-order valence-corrected chi connectivity index (χ0v) is 12.0. The summed E-state index contributed by atoms with van der Waals surface area (Å²) in [4.78, 5) is 6.98. The fourth-order valence-corrected chi connectivity index (χ4v) is 3.53. The first kappa shape index (κ1) is 13.1. The first-order valence-corrected chi connectivity index (χ1v) is 7.76. The van der Waals surface area contributed by atoms with Crippen LogP contribution in [0.15, 0.2) is 12.5 Å². The fraction of sp³-hybridized carbons (Fsp3) is 0.800. The standard InChI is InChI=1S/C15H26N4/c1-13(10-18-6-2-3-7-18)11-19-12-17-9-15(19)14-4-5-16-8-14/h9,12-14,16H,2-8,10-11H2,1H3. The maximum absolute atomic E-state index is 4.37. The Morgan fingerprint density at radius 3 is 2.95 bits per heavy atom. The summed E-state index contributed by atoms with van der Waals surface area (Å²) < 4.78 is 2.39. The van der Waals surface area contributed by atoms with E-state index >= 15 is 0 Å². The summed E-state index contributed by atoms with van der Waals surface area (Å²) in [5.41, 5.74) is 1.43. The van der Waals surface area contributed by atoms with E-state index in [9.17, 15) is 0 Å². The number of nitrogens with zero attached hydrogens (tertiary/aromatic N) is 3. The molecule has 2 aliphatic rings. The smallest absolute Gasteiger partial charge is 0.0948 e. The molecule has 4 nitrogen and oxygen atoms in total. The first-order chi connectivity index (χ1) is 9.33. The lowest BCUT2D eigenvalue weighted by Gasteiger charge is -2.22. The Balaban J connectivity index is 1.57. The Bertz CT molecular complexity index is 389. The number of imidazole rings is 1. The third-order valence-corrected chi connectivity index (χ3v) is 4.50. The Morgan fingerprint density at radius 2 is 2.21 bits per heavy atom. The van der Waals surface area contributed by atoms with Crippen LogP contribution in [0.25, 0.3) is 0 Å². The van der Waals surface area contributed by atoms with Gasteiger partial charge in [-0.3, -0.25) is 0 Å². The second-order valence-electron chi connectivity index (χ2n) is 6.27. The number of likely N-dealkylation sites (tertiary alicyclic amines) is 1. The van der Waals surface area contributed by atoms with Crippen molar-refractivity contribution in [2.24, 2.45) is 5.92 Å².